The second-order valence-electron chi connectivity index (χ2n) is 7.47. The summed E-state index contributed by atoms with van der Waals surface area (Å²) in [5, 5.41) is 4.39. The molecule has 0 aliphatic heterocycles. The van der Waals surface area contributed by atoms with E-state index in [-0.39, 0.29) is 12.4 Å². The monoisotopic (exact) mass is 413 g/mol. The van der Waals surface area contributed by atoms with Gasteiger partial charge in [0.05, 0.1) is 24.4 Å². The molecule has 154 valence electrons. The van der Waals surface area contributed by atoms with Gasteiger partial charge >= 0.3 is 5.97 Å². The number of hydrogen-bond donors (Lipinski definition) is 0. The topological polar surface area (TPSA) is 56.5 Å². The van der Waals surface area contributed by atoms with Crippen LogP contribution in [0.2, 0.25) is 0 Å². The molecule has 31 heavy (non-hydrogen) atoms. The lowest BCUT2D eigenvalue weighted by atomic mass is 9.87. The molecule has 5 rings (SSSR count). The van der Waals surface area contributed by atoms with Crippen molar-refractivity contribution in [2.75, 3.05) is 6.61 Å². The number of nitrogens with zero attached hydrogens (tertiary/aromatic N) is 3. The third kappa shape index (κ3) is 3.03. The molecule has 1 aliphatic rings. The quantitative estimate of drug-likeness (QED) is 0.424. The molecule has 0 fully saturated rings. The normalized spacial score (nSPS) is 15.1. The van der Waals surface area contributed by atoms with E-state index in [0.29, 0.717) is 11.2 Å². The number of carbonyl (C=O) groups is 1. The van der Waals surface area contributed by atoms with E-state index in [0.717, 1.165) is 33.5 Å². The Balaban J connectivity index is 1.69. The molecular weight excluding hydrogens is 393 g/mol. The molecule has 0 amide bonds. The molecule has 0 saturated carbocycles. The van der Waals surface area contributed by atoms with E-state index < -0.39 is 11.9 Å². The maximum absolute atomic E-state index is 15.2. The van der Waals surface area contributed by atoms with Crippen LogP contribution in [0.1, 0.15) is 45.5 Å². The molecule has 6 heteroatoms. The Hall–Kier alpha value is -3.80. The summed E-state index contributed by atoms with van der Waals surface area (Å²) in [4.78, 5) is 16.6. The Kier molecular flexibility index (Phi) is 4.62. The first-order valence-electron chi connectivity index (χ1n) is 10.2. The number of ether oxygens (including phenoxy) is 1. The Bertz CT molecular complexity index is 1360. The van der Waals surface area contributed by atoms with Gasteiger partial charge in [-0.25, -0.2) is 18.7 Å². The van der Waals surface area contributed by atoms with Crippen LogP contribution < -0.4 is 0 Å². The number of benzene rings is 2. The van der Waals surface area contributed by atoms with Crippen molar-refractivity contribution in [2.45, 2.75) is 19.8 Å². The van der Waals surface area contributed by atoms with Crippen LogP contribution in [-0.2, 0) is 4.74 Å². The van der Waals surface area contributed by atoms with Crippen molar-refractivity contribution in [1.29, 1.82) is 0 Å². The molecule has 2 aromatic heterocycles. The van der Waals surface area contributed by atoms with Gasteiger partial charge in [-0.3, -0.25) is 0 Å². The highest BCUT2D eigenvalue weighted by atomic mass is 19.1. The lowest BCUT2D eigenvalue weighted by Gasteiger charge is -2.18. The van der Waals surface area contributed by atoms with Crippen molar-refractivity contribution < 1.29 is 13.9 Å². The van der Waals surface area contributed by atoms with Gasteiger partial charge < -0.3 is 4.74 Å². The molecule has 0 bridgehead atoms. The maximum atomic E-state index is 15.2. The second kappa shape index (κ2) is 7.47. The summed E-state index contributed by atoms with van der Waals surface area (Å²) in [7, 11) is 0. The van der Waals surface area contributed by atoms with Crippen molar-refractivity contribution >= 4 is 17.7 Å². The number of aryl methyl sites for hydroxylation is 1. The van der Waals surface area contributed by atoms with E-state index in [9.17, 15) is 4.79 Å². The minimum atomic E-state index is -0.491. The van der Waals surface area contributed by atoms with E-state index in [4.69, 9.17) is 4.74 Å². The Labute approximate surface area is 178 Å². The molecule has 5 nitrogen and oxygen atoms in total. The van der Waals surface area contributed by atoms with Crippen LogP contribution in [0.5, 0.6) is 0 Å². The Morgan fingerprint density at radius 2 is 1.94 bits per heavy atom. The molecular formula is C25H20FN3O2. The number of rotatable bonds is 4. The largest absolute Gasteiger partial charge is 0.462 e. The fourth-order valence-electron chi connectivity index (χ4n) is 4.27. The van der Waals surface area contributed by atoms with Gasteiger partial charge in [-0.1, -0.05) is 42.5 Å². The minimum absolute atomic E-state index is 0.185. The number of fused-ring (bicyclic) bond motifs is 2. The average molecular weight is 413 g/mol. The van der Waals surface area contributed by atoms with Crippen LogP contribution in [0, 0.1) is 6.92 Å². The van der Waals surface area contributed by atoms with Crippen LogP contribution in [0.3, 0.4) is 0 Å². The number of allylic oxidation sites excluding steroid dienone is 1. The lowest BCUT2D eigenvalue weighted by Crippen LogP contribution is -2.06. The van der Waals surface area contributed by atoms with E-state index >= 15 is 4.39 Å². The van der Waals surface area contributed by atoms with Crippen molar-refractivity contribution in [3.63, 3.8) is 0 Å². The zero-order valence-corrected chi connectivity index (χ0v) is 17.2. The highest BCUT2D eigenvalue weighted by molar-refractivity contribution is 5.96. The number of halogens is 1. The summed E-state index contributed by atoms with van der Waals surface area (Å²) >= 11 is 0. The number of hydrogen-bond acceptors (Lipinski definition) is 4. The minimum Gasteiger partial charge on any atom is -0.462 e. The first-order chi connectivity index (χ1) is 15.1. The third-order valence-electron chi connectivity index (χ3n) is 5.67. The molecule has 0 spiro atoms. The standard InChI is InChI=1S/C25H20FN3O2/c1-3-31-25(30)20-14-28-29-22(11-12-27-24(20)29)16-8-4-5-9-17(16)23-18-10-6-7-15(2)19(18)13-21(23)26/h4-14,23H,3H2,1-2H3. The summed E-state index contributed by atoms with van der Waals surface area (Å²) in [6.07, 6.45) is 4.72. The molecule has 2 aromatic carbocycles. The van der Waals surface area contributed by atoms with Gasteiger partial charge in [-0.2, -0.15) is 5.10 Å². The zero-order chi connectivity index (χ0) is 21.5. The van der Waals surface area contributed by atoms with Crippen molar-refractivity contribution in [3.8, 4) is 11.3 Å². The predicted octanol–water partition coefficient (Wildman–Crippen LogP) is 5.34. The molecule has 0 radical (unpaired) electrons. The molecule has 0 saturated heterocycles. The first-order valence-corrected chi connectivity index (χ1v) is 10.2. The fraction of sp³-hybridized carbons (Fsp3) is 0.160. The molecule has 1 aliphatic carbocycles. The van der Waals surface area contributed by atoms with Crippen LogP contribution in [0.4, 0.5) is 4.39 Å². The highest BCUT2D eigenvalue weighted by Gasteiger charge is 2.30. The average Bonchev–Trinajstić information content (AvgIpc) is 3.35. The molecule has 1 unspecified atom stereocenters. The van der Waals surface area contributed by atoms with Gasteiger partial charge in [-0.05, 0) is 48.2 Å². The summed E-state index contributed by atoms with van der Waals surface area (Å²) in [5.41, 5.74) is 6.03. The number of esters is 1. The Morgan fingerprint density at radius 3 is 2.77 bits per heavy atom. The molecule has 2 heterocycles. The second-order valence-corrected chi connectivity index (χ2v) is 7.47. The predicted molar refractivity (Wildman–Crippen MR) is 116 cm³/mol. The van der Waals surface area contributed by atoms with Gasteiger partial charge in [-0.15, -0.1) is 0 Å². The summed E-state index contributed by atoms with van der Waals surface area (Å²) in [5.74, 6) is -1.14. The van der Waals surface area contributed by atoms with Gasteiger partial charge in [0.1, 0.15) is 11.4 Å². The highest BCUT2D eigenvalue weighted by Crippen LogP contribution is 2.45. The van der Waals surface area contributed by atoms with Gasteiger partial charge in [0, 0.05) is 11.8 Å². The van der Waals surface area contributed by atoms with Crippen molar-refractivity contribution in [3.05, 3.63) is 94.6 Å². The van der Waals surface area contributed by atoms with E-state index in [2.05, 4.69) is 10.1 Å². The van der Waals surface area contributed by atoms with Crippen LogP contribution in [0.25, 0.3) is 23.0 Å². The first kappa shape index (κ1) is 19.2. The fourth-order valence-corrected chi connectivity index (χ4v) is 4.27. The van der Waals surface area contributed by atoms with Crippen LogP contribution in [-0.4, -0.2) is 27.2 Å². The summed E-state index contributed by atoms with van der Waals surface area (Å²) in [6, 6.07) is 15.4. The van der Waals surface area contributed by atoms with Crippen LogP contribution in [0.15, 0.2) is 66.8 Å². The van der Waals surface area contributed by atoms with E-state index in [1.165, 1.54) is 6.20 Å². The van der Waals surface area contributed by atoms with E-state index in [1.54, 1.807) is 23.7 Å². The van der Waals surface area contributed by atoms with Gasteiger partial charge in [0.2, 0.25) is 0 Å². The van der Waals surface area contributed by atoms with E-state index in [1.807, 2.05) is 55.5 Å². The molecule has 4 aromatic rings. The smallest absolute Gasteiger partial charge is 0.343 e. The number of aromatic nitrogens is 3. The summed E-state index contributed by atoms with van der Waals surface area (Å²) in [6.45, 7) is 4.01. The molecule has 0 N–H and O–H groups in total. The Morgan fingerprint density at radius 1 is 1.13 bits per heavy atom. The van der Waals surface area contributed by atoms with Crippen LogP contribution >= 0.6 is 0 Å². The van der Waals surface area contributed by atoms with Gasteiger partial charge in [0.15, 0.2) is 5.65 Å². The lowest BCUT2D eigenvalue weighted by molar-refractivity contribution is 0.0528. The van der Waals surface area contributed by atoms with Crippen molar-refractivity contribution in [1.82, 2.24) is 14.6 Å². The molecule has 1 atom stereocenters. The SMILES string of the molecule is CCOC(=O)c1cnn2c(-c3ccccc3C3C(F)=Cc4c(C)cccc43)ccnc12. The summed E-state index contributed by atoms with van der Waals surface area (Å²) < 4.78 is 21.9. The third-order valence-corrected chi connectivity index (χ3v) is 5.67. The zero-order valence-electron chi connectivity index (χ0n) is 17.2. The van der Waals surface area contributed by atoms with Gasteiger partial charge in [0.25, 0.3) is 0 Å². The van der Waals surface area contributed by atoms with Crippen molar-refractivity contribution in [2.24, 2.45) is 0 Å². The maximum Gasteiger partial charge on any atom is 0.343 e. The number of carbonyl (C=O) groups excluding carboxylic acids is 1.